The summed E-state index contributed by atoms with van der Waals surface area (Å²) in [6.45, 7) is 1.54. The molecule has 0 atom stereocenters. The first kappa shape index (κ1) is 14.7. The van der Waals surface area contributed by atoms with Gasteiger partial charge in [0.05, 0.1) is 20.3 Å². The van der Waals surface area contributed by atoms with Crippen molar-refractivity contribution in [3.8, 4) is 11.5 Å². The quantitative estimate of drug-likeness (QED) is 0.926. The number of hydrogen-bond donors (Lipinski definition) is 1. The normalized spacial score (nSPS) is 22.2. The second-order valence-corrected chi connectivity index (χ2v) is 6.13. The Balaban J connectivity index is 1.86. The highest BCUT2D eigenvalue weighted by Gasteiger charge is 2.35. The predicted molar refractivity (Wildman–Crippen MR) is 81.8 cm³/mol. The van der Waals surface area contributed by atoms with Crippen LogP contribution < -0.4 is 15.2 Å². The Hall–Kier alpha value is -1.26. The van der Waals surface area contributed by atoms with Crippen LogP contribution in [0.15, 0.2) is 18.2 Å². The second-order valence-electron chi connectivity index (χ2n) is 6.13. The van der Waals surface area contributed by atoms with E-state index in [9.17, 15) is 0 Å². The van der Waals surface area contributed by atoms with Gasteiger partial charge in [-0.2, -0.15) is 0 Å². The van der Waals surface area contributed by atoms with Crippen molar-refractivity contribution in [2.24, 2.45) is 5.73 Å². The average molecular weight is 291 g/mol. The molecule has 0 aromatic heterocycles. The van der Waals surface area contributed by atoms with E-state index in [-0.39, 0.29) is 11.6 Å². The highest BCUT2D eigenvalue weighted by atomic mass is 16.5. The molecule has 0 amide bonds. The smallest absolute Gasteiger partial charge is 0.165 e. The largest absolute Gasteiger partial charge is 0.493 e. The van der Waals surface area contributed by atoms with Crippen LogP contribution in [0.3, 0.4) is 0 Å². The molecule has 1 aromatic rings. The molecule has 0 radical (unpaired) electrons. The van der Waals surface area contributed by atoms with E-state index in [1.54, 1.807) is 7.11 Å². The van der Waals surface area contributed by atoms with Gasteiger partial charge in [0, 0.05) is 23.9 Å². The summed E-state index contributed by atoms with van der Waals surface area (Å²) < 4.78 is 17.2. The highest BCUT2D eigenvalue weighted by Crippen LogP contribution is 2.44. The summed E-state index contributed by atoms with van der Waals surface area (Å²) in [6.07, 6.45) is 6.48. The fourth-order valence-electron chi connectivity index (χ4n) is 3.46. The Labute approximate surface area is 126 Å². The summed E-state index contributed by atoms with van der Waals surface area (Å²) in [5.74, 6) is 1.63. The molecule has 1 saturated carbocycles. The van der Waals surface area contributed by atoms with E-state index in [0.717, 1.165) is 56.0 Å². The molecule has 4 heteroatoms. The zero-order valence-corrected chi connectivity index (χ0v) is 12.8. The molecule has 21 heavy (non-hydrogen) atoms. The molecule has 1 aliphatic carbocycles. The number of rotatable bonds is 4. The Morgan fingerprint density at radius 1 is 1.19 bits per heavy atom. The first-order valence-corrected chi connectivity index (χ1v) is 7.94. The summed E-state index contributed by atoms with van der Waals surface area (Å²) in [4.78, 5) is 0. The van der Waals surface area contributed by atoms with Crippen molar-refractivity contribution in [1.82, 2.24) is 0 Å². The fourth-order valence-corrected chi connectivity index (χ4v) is 3.46. The van der Waals surface area contributed by atoms with Gasteiger partial charge in [0.15, 0.2) is 11.5 Å². The maximum absolute atomic E-state index is 6.60. The number of hydrogen-bond acceptors (Lipinski definition) is 4. The van der Waals surface area contributed by atoms with E-state index in [2.05, 4.69) is 6.07 Å². The van der Waals surface area contributed by atoms with Crippen molar-refractivity contribution >= 4 is 0 Å². The second kappa shape index (κ2) is 6.24. The van der Waals surface area contributed by atoms with E-state index >= 15 is 0 Å². The standard InChI is InChI=1S/C17H25NO3/c1-19-16-14(17(18)9-2-3-10-17)5-4-6-15(16)21-13-7-11-20-12-8-13/h4-6,13H,2-3,7-12,18H2,1H3. The highest BCUT2D eigenvalue weighted by molar-refractivity contribution is 5.50. The lowest BCUT2D eigenvalue weighted by atomic mass is 9.88. The molecular formula is C17H25NO3. The third-order valence-corrected chi connectivity index (χ3v) is 4.68. The van der Waals surface area contributed by atoms with Crippen LogP contribution in [0.25, 0.3) is 0 Å². The number of benzene rings is 1. The van der Waals surface area contributed by atoms with E-state index in [0.29, 0.717) is 0 Å². The molecule has 1 aliphatic heterocycles. The van der Waals surface area contributed by atoms with Gasteiger partial charge in [-0.1, -0.05) is 25.0 Å². The first-order chi connectivity index (χ1) is 10.2. The van der Waals surface area contributed by atoms with Crippen molar-refractivity contribution in [3.05, 3.63) is 23.8 Å². The topological polar surface area (TPSA) is 53.7 Å². The number of ether oxygens (including phenoxy) is 3. The zero-order valence-electron chi connectivity index (χ0n) is 12.8. The van der Waals surface area contributed by atoms with Gasteiger partial charge in [-0.05, 0) is 18.9 Å². The van der Waals surface area contributed by atoms with Crippen LogP contribution in [0, 0.1) is 0 Å². The Kier molecular flexibility index (Phi) is 4.36. The Bertz CT molecular complexity index is 477. The van der Waals surface area contributed by atoms with Crippen molar-refractivity contribution < 1.29 is 14.2 Å². The summed E-state index contributed by atoms with van der Waals surface area (Å²) in [5.41, 5.74) is 7.43. The van der Waals surface area contributed by atoms with Gasteiger partial charge in [-0.3, -0.25) is 0 Å². The van der Waals surface area contributed by atoms with Gasteiger partial charge in [-0.25, -0.2) is 0 Å². The lowest BCUT2D eigenvalue weighted by molar-refractivity contribution is 0.0244. The number of nitrogens with two attached hydrogens (primary N) is 1. The molecule has 116 valence electrons. The van der Waals surface area contributed by atoms with Crippen LogP contribution in [0.4, 0.5) is 0 Å². The first-order valence-electron chi connectivity index (χ1n) is 7.94. The van der Waals surface area contributed by atoms with Crippen molar-refractivity contribution in [1.29, 1.82) is 0 Å². The number of methoxy groups -OCH3 is 1. The van der Waals surface area contributed by atoms with Gasteiger partial charge < -0.3 is 19.9 Å². The lowest BCUT2D eigenvalue weighted by Crippen LogP contribution is -2.34. The van der Waals surface area contributed by atoms with Crippen LogP contribution >= 0.6 is 0 Å². The van der Waals surface area contributed by atoms with Gasteiger partial charge in [0.1, 0.15) is 6.10 Å². The van der Waals surface area contributed by atoms with Gasteiger partial charge in [0.2, 0.25) is 0 Å². The van der Waals surface area contributed by atoms with Crippen molar-refractivity contribution in [2.45, 2.75) is 50.2 Å². The number of para-hydroxylation sites is 1. The Morgan fingerprint density at radius 3 is 2.57 bits per heavy atom. The molecule has 2 N–H and O–H groups in total. The molecule has 1 aromatic carbocycles. The van der Waals surface area contributed by atoms with Gasteiger partial charge in [-0.15, -0.1) is 0 Å². The predicted octanol–water partition coefficient (Wildman–Crippen LogP) is 2.98. The molecule has 0 spiro atoms. The van der Waals surface area contributed by atoms with E-state index in [1.165, 1.54) is 12.8 Å². The summed E-state index contributed by atoms with van der Waals surface area (Å²) >= 11 is 0. The summed E-state index contributed by atoms with van der Waals surface area (Å²) in [6, 6.07) is 6.09. The van der Waals surface area contributed by atoms with Crippen LogP contribution in [-0.4, -0.2) is 26.4 Å². The van der Waals surface area contributed by atoms with Crippen LogP contribution in [-0.2, 0) is 10.3 Å². The molecule has 2 aliphatic rings. The van der Waals surface area contributed by atoms with E-state index in [1.807, 2.05) is 12.1 Å². The molecule has 0 unspecified atom stereocenters. The Morgan fingerprint density at radius 2 is 1.90 bits per heavy atom. The maximum Gasteiger partial charge on any atom is 0.165 e. The fraction of sp³-hybridized carbons (Fsp3) is 0.647. The molecular weight excluding hydrogens is 266 g/mol. The summed E-state index contributed by atoms with van der Waals surface area (Å²) in [5, 5.41) is 0. The minimum Gasteiger partial charge on any atom is -0.493 e. The molecule has 4 nitrogen and oxygen atoms in total. The zero-order chi connectivity index (χ0) is 14.7. The maximum atomic E-state index is 6.60. The van der Waals surface area contributed by atoms with Crippen LogP contribution in [0.5, 0.6) is 11.5 Å². The van der Waals surface area contributed by atoms with E-state index in [4.69, 9.17) is 19.9 Å². The average Bonchev–Trinajstić information content (AvgIpc) is 2.96. The monoisotopic (exact) mass is 291 g/mol. The van der Waals surface area contributed by atoms with Crippen LogP contribution in [0.2, 0.25) is 0 Å². The van der Waals surface area contributed by atoms with Gasteiger partial charge in [0.25, 0.3) is 0 Å². The minimum absolute atomic E-state index is 0.209. The molecule has 3 rings (SSSR count). The van der Waals surface area contributed by atoms with Gasteiger partial charge >= 0.3 is 0 Å². The van der Waals surface area contributed by atoms with Crippen LogP contribution in [0.1, 0.15) is 44.1 Å². The SMILES string of the molecule is COc1c(OC2CCOCC2)cccc1C1(N)CCCC1. The third kappa shape index (κ3) is 3.01. The lowest BCUT2D eigenvalue weighted by Gasteiger charge is -2.29. The summed E-state index contributed by atoms with van der Waals surface area (Å²) in [7, 11) is 1.70. The van der Waals surface area contributed by atoms with E-state index < -0.39 is 0 Å². The molecule has 1 saturated heterocycles. The molecule has 1 heterocycles. The minimum atomic E-state index is -0.264. The van der Waals surface area contributed by atoms with Crippen molar-refractivity contribution in [3.63, 3.8) is 0 Å². The van der Waals surface area contributed by atoms with Crippen molar-refractivity contribution in [2.75, 3.05) is 20.3 Å². The third-order valence-electron chi connectivity index (χ3n) is 4.68. The molecule has 0 bridgehead atoms. The molecule has 2 fully saturated rings.